The summed E-state index contributed by atoms with van der Waals surface area (Å²) in [5.74, 6) is 0. The number of ether oxygens (including phenoxy) is 1. The SMILES string of the molecule is CCO[C@@H]1CN(CCc2cccc(C)n2)C[C@H]1O. The third-order valence-corrected chi connectivity index (χ3v) is 3.32. The van der Waals surface area contributed by atoms with Gasteiger partial charge in [-0.2, -0.15) is 0 Å². The lowest BCUT2D eigenvalue weighted by Crippen LogP contribution is -2.27. The molecule has 4 heteroatoms. The molecule has 18 heavy (non-hydrogen) atoms. The van der Waals surface area contributed by atoms with Crippen molar-refractivity contribution >= 4 is 0 Å². The fourth-order valence-electron chi connectivity index (χ4n) is 2.40. The number of nitrogens with zero attached hydrogens (tertiary/aromatic N) is 2. The summed E-state index contributed by atoms with van der Waals surface area (Å²) in [7, 11) is 0. The Balaban J connectivity index is 1.81. The van der Waals surface area contributed by atoms with Gasteiger partial charge in [-0.05, 0) is 26.0 Å². The average molecular weight is 250 g/mol. The summed E-state index contributed by atoms with van der Waals surface area (Å²) >= 11 is 0. The molecule has 2 heterocycles. The summed E-state index contributed by atoms with van der Waals surface area (Å²) in [6.07, 6.45) is 0.545. The molecule has 0 amide bonds. The third kappa shape index (κ3) is 3.51. The van der Waals surface area contributed by atoms with Gasteiger partial charge in [0, 0.05) is 44.0 Å². The van der Waals surface area contributed by atoms with Crippen LogP contribution >= 0.6 is 0 Å². The van der Waals surface area contributed by atoms with Gasteiger partial charge in [0.15, 0.2) is 0 Å². The fraction of sp³-hybridized carbons (Fsp3) is 0.643. The maximum absolute atomic E-state index is 9.85. The highest BCUT2D eigenvalue weighted by Crippen LogP contribution is 2.14. The van der Waals surface area contributed by atoms with E-state index in [-0.39, 0.29) is 12.2 Å². The number of hydrogen-bond donors (Lipinski definition) is 1. The van der Waals surface area contributed by atoms with Gasteiger partial charge in [-0.15, -0.1) is 0 Å². The molecule has 0 saturated carbocycles. The molecule has 2 atom stereocenters. The third-order valence-electron chi connectivity index (χ3n) is 3.32. The van der Waals surface area contributed by atoms with E-state index in [0.717, 1.165) is 30.9 Å². The molecule has 0 radical (unpaired) electrons. The highest BCUT2D eigenvalue weighted by Gasteiger charge is 2.31. The van der Waals surface area contributed by atoms with E-state index >= 15 is 0 Å². The summed E-state index contributed by atoms with van der Waals surface area (Å²) < 4.78 is 5.51. The average Bonchev–Trinajstić information content (AvgIpc) is 2.69. The second-order valence-corrected chi connectivity index (χ2v) is 4.84. The van der Waals surface area contributed by atoms with Crippen molar-refractivity contribution < 1.29 is 9.84 Å². The molecule has 4 nitrogen and oxygen atoms in total. The van der Waals surface area contributed by atoms with Crippen LogP contribution in [0.25, 0.3) is 0 Å². The quantitative estimate of drug-likeness (QED) is 0.847. The summed E-state index contributed by atoms with van der Waals surface area (Å²) in [4.78, 5) is 6.73. The molecule has 2 rings (SSSR count). The Hall–Kier alpha value is -0.970. The second-order valence-electron chi connectivity index (χ2n) is 4.84. The number of aliphatic hydroxyl groups excluding tert-OH is 1. The van der Waals surface area contributed by atoms with Crippen LogP contribution in [0.4, 0.5) is 0 Å². The van der Waals surface area contributed by atoms with E-state index in [4.69, 9.17) is 4.74 Å². The first-order chi connectivity index (χ1) is 8.69. The fourth-order valence-corrected chi connectivity index (χ4v) is 2.40. The molecule has 1 aromatic heterocycles. The van der Waals surface area contributed by atoms with Gasteiger partial charge in [-0.25, -0.2) is 0 Å². The van der Waals surface area contributed by atoms with Gasteiger partial charge >= 0.3 is 0 Å². The van der Waals surface area contributed by atoms with Crippen LogP contribution in [-0.2, 0) is 11.2 Å². The lowest BCUT2D eigenvalue weighted by molar-refractivity contribution is -0.00241. The summed E-state index contributed by atoms with van der Waals surface area (Å²) in [5.41, 5.74) is 2.17. The molecule has 1 aromatic rings. The zero-order valence-corrected chi connectivity index (χ0v) is 11.2. The van der Waals surface area contributed by atoms with Gasteiger partial charge in [-0.1, -0.05) is 6.07 Å². The molecule has 1 fully saturated rings. The van der Waals surface area contributed by atoms with Crippen LogP contribution in [0.3, 0.4) is 0 Å². The minimum atomic E-state index is -0.351. The number of hydrogen-bond acceptors (Lipinski definition) is 4. The van der Waals surface area contributed by atoms with E-state index < -0.39 is 0 Å². The van der Waals surface area contributed by atoms with Crippen molar-refractivity contribution in [3.63, 3.8) is 0 Å². The number of pyridine rings is 1. The Morgan fingerprint density at radius 3 is 3.00 bits per heavy atom. The summed E-state index contributed by atoms with van der Waals surface area (Å²) in [6, 6.07) is 6.10. The highest BCUT2D eigenvalue weighted by molar-refractivity contribution is 5.10. The van der Waals surface area contributed by atoms with E-state index in [9.17, 15) is 5.11 Å². The van der Waals surface area contributed by atoms with Gasteiger partial charge in [0.2, 0.25) is 0 Å². The van der Waals surface area contributed by atoms with Gasteiger partial charge in [0.25, 0.3) is 0 Å². The minimum absolute atomic E-state index is 0.0273. The highest BCUT2D eigenvalue weighted by atomic mass is 16.5. The second kappa shape index (κ2) is 6.27. The molecule has 1 saturated heterocycles. The number of aryl methyl sites for hydroxylation is 1. The van der Waals surface area contributed by atoms with Crippen molar-refractivity contribution in [2.75, 3.05) is 26.2 Å². The maximum atomic E-state index is 9.85. The minimum Gasteiger partial charge on any atom is -0.389 e. The standard InChI is InChI=1S/C14H22N2O2/c1-3-18-14-10-16(9-13(14)17)8-7-12-6-4-5-11(2)15-12/h4-6,13-14,17H,3,7-10H2,1-2H3/t13-,14-/m1/s1. The Kier molecular flexibility index (Phi) is 4.69. The smallest absolute Gasteiger partial charge is 0.0972 e. The van der Waals surface area contributed by atoms with Crippen LogP contribution in [0.5, 0.6) is 0 Å². The molecule has 100 valence electrons. The van der Waals surface area contributed by atoms with Crippen LogP contribution in [-0.4, -0.2) is 53.4 Å². The van der Waals surface area contributed by atoms with Crippen molar-refractivity contribution in [1.82, 2.24) is 9.88 Å². The molecule has 1 aliphatic heterocycles. The van der Waals surface area contributed by atoms with Gasteiger partial charge in [0.05, 0.1) is 12.2 Å². The molecule has 0 aromatic carbocycles. The molecule has 0 aliphatic carbocycles. The molecular weight excluding hydrogens is 228 g/mol. The van der Waals surface area contributed by atoms with Crippen molar-refractivity contribution in [3.05, 3.63) is 29.6 Å². The monoisotopic (exact) mass is 250 g/mol. The first-order valence-corrected chi connectivity index (χ1v) is 6.63. The number of aliphatic hydroxyl groups is 1. The van der Waals surface area contributed by atoms with Gasteiger partial charge < -0.3 is 9.84 Å². The Labute approximate surface area is 109 Å². The first-order valence-electron chi connectivity index (χ1n) is 6.63. The number of rotatable bonds is 5. The largest absolute Gasteiger partial charge is 0.389 e. The van der Waals surface area contributed by atoms with E-state index in [1.165, 1.54) is 0 Å². The Morgan fingerprint density at radius 2 is 2.28 bits per heavy atom. The Bertz CT molecular complexity index is 384. The number of aromatic nitrogens is 1. The normalized spacial score (nSPS) is 24.6. The van der Waals surface area contributed by atoms with Crippen LogP contribution < -0.4 is 0 Å². The predicted octanol–water partition coefficient (Wildman–Crippen LogP) is 1.01. The van der Waals surface area contributed by atoms with E-state index in [0.29, 0.717) is 13.2 Å². The molecule has 0 bridgehead atoms. The molecular formula is C14H22N2O2. The molecule has 0 unspecified atom stereocenters. The van der Waals surface area contributed by atoms with Crippen molar-refractivity contribution in [1.29, 1.82) is 0 Å². The van der Waals surface area contributed by atoms with E-state index in [1.54, 1.807) is 0 Å². The molecule has 0 spiro atoms. The maximum Gasteiger partial charge on any atom is 0.0972 e. The van der Waals surface area contributed by atoms with Crippen LogP contribution in [0.2, 0.25) is 0 Å². The van der Waals surface area contributed by atoms with Crippen LogP contribution in [0.1, 0.15) is 18.3 Å². The van der Waals surface area contributed by atoms with Crippen LogP contribution in [0, 0.1) is 6.92 Å². The zero-order chi connectivity index (χ0) is 13.0. The first kappa shape index (κ1) is 13.5. The summed E-state index contributed by atoms with van der Waals surface area (Å²) in [5, 5.41) is 9.85. The zero-order valence-electron chi connectivity index (χ0n) is 11.2. The van der Waals surface area contributed by atoms with Gasteiger partial charge in [0.1, 0.15) is 0 Å². The Morgan fingerprint density at radius 1 is 1.44 bits per heavy atom. The molecule has 1 N–H and O–H groups in total. The van der Waals surface area contributed by atoms with Crippen LogP contribution in [0.15, 0.2) is 18.2 Å². The van der Waals surface area contributed by atoms with Crippen molar-refractivity contribution in [3.8, 4) is 0 Å². The molecule has 1 aliphatic rings. The van der Waals surface area contributed by atoms with Crippen molar-refractivity contribution in [2.45, 2.75) is 32.5 Å². The van der Waals surface area contributed by atoms with Gasteiger partial charge in [-0.3, -0.25) is 9.88 Å². The lowest BCUT2D eigenvalue weighted by Gasteiger charge is -2.15. The lowest BCUT2D eigenvalue weighted by atomic mass is 10.2. The predicted molar refractivity (Wildman–Crippen MR) is 70.5 cm³/mol. The topological polar surface area (TPSA) is 45.6 Å². The number of likely N-dealkylation sites (tertiary alicyclic amines) is 1. The van der Waals surface area contributed by atoms with Crippen molar-refractivity contribution in [2.24, 2.45) is 0 Å². The van der Waals surface area contributed by atoms with E-state index in [2.05, 4.69) is 16.0 Å². The summed E-state index contributed by atoms with van der Waals surface area (Å²) in [6.45, 7) is 7.09. The number of β-amino-alcohol motifs (C(OH)–C–C–N with tert-alkyl or cyclic N) is 1. The van der Waals surface area contributed by atoms with E-state index in [1.807, 2.05) is 26.0 Å².